The fraction of sp³-hybridized carbons (Fsp3) is 0.190. The summed E-state index contributed by atoms with van der Waals surface area (Å²) in [6, 6.07) is 11.9. The highest BCUT2D eigenvalue weighted by molar-refractivity contribution is 7.98. The van der Waals surface area contributed by atoms with E-state index in [1.165, 1.54) is 5.56 Å². The highest BCUT2D eigenvalue weighted by Gasteiger charge is 2.17. The van der Waals surface area contributed by atoms with Crippen LogP contribution in [0.25, 0.3) is 17.0 Å². The number of thioether (sulfide) groups is 1. The first kappa shape index (κ1) is 18.3. The molecule has 4 aromatic rings. The number of pyridine rings is 1. The number of aromatic nitrogens is 5. The summed E-state index contributed by atoms with van der Waals surface area (Å²) in [5.41, 5.74) is 4.07. The van der Waals surface area contributed by atoms with Gasteiger partial charge in [-0.2, -0.15) is 0 Å². The van der Waals surface area contributed by atoms with E-state index in [1.807, 2.05) is 36.4 Å². The average molecular weight is 392 g/mol. The van der Waals surface area contributed by atoms with E-state index in [1.54, 1.807) is 18.9 Å². The van der Waals surface area contributed by atoms with Gasteiger partial charge in [-0.1, -0.05) is 36.0 Å². The summed E-state index contributed by atoms with van der Waals surface area (Å²) in [6.45, 7) is 6.57. The Morgan fingerprint density at radius 1 is 1.14 bits per heavy atom. The van der Waals surface area contributed by atoms with Crippen molar-refractivity contribution in [2.45, 2.75) is 24.4 Å². The monoisotopic (exact) mass is 391 g/mol. The maximum atomic E-state index is 5.49. The van der Waals surface area contributed by atoms with Crippen LogP contribution < -0.4 is 4.74 Å². The second-order valence-electron chi connectivity index (χ2n) is 6.40. The summed E-state index contributed by atoms with van der Waals surface area (Å²) in [5, 5.41) is 9.65. The summed E-state index contributed by atoms with van der Waals surface area (Å²) >= 11 is 1.61. The Bertz CT molecular complexity index is 1130. The van der Waals surface area contributed by atoms with E-state index in [0.717, 1.165) is 33.6 Å². The largest absolute Gasteiger partial charge is 0.496 e. The minimum absolute atomic E-state index is 0.618. The van der Waals surface area contributed by atoms with Gasteiger partial charge in [-0.05, 0) is 30.7 Å². The van der Waals surface area contributed by atoms with Gasteiger partial charge in [0.1, 0.15) is 11.4 Å². The Balaban J connectivity index is 1.62. The lowest BCUT2D eigenvalue weighted by Gasteiger charge is -2.10. The highest BCUT2D eigenvalue weighted by Crippen LogP contribution is 2.31. The zero-order valence-electron chi connectivity index (χ0n) is 15.9. The van der Waals surface area contributed by atoms with Gasteiger partial charge in [-0.3, -0.25) is 4.57 Å². The number of aryl methyl sites for hydroxylation is 1. The smallest absolute Gasteiger partial charge is 0.192 e. The number of methoxy groups -OCH3 is 1. The summed E-state index contributed by atoms with van der Waals surface area (Å²) < 4.78 is 9.59. The van der Waals surface area contributed by atoms with E-state index >= 15 is 0 Å². The summed E-state index contributed by atoms with van der Waals surface area (Å²) in [7, 11) is 1.66. The van der Waals surface area contributed by atoms with Crippen molar-refractivity contribution >= 4 is 17.4 Å². The summed E-state index contributed by atoms with van der Waals surface area (Å²) in [4.78, 5) is 4.68. The molecule has 3 aromatic heterocycles. The van der Waals surface area contributed by atoms with Gasteiger partial charge in [0.15, 0.2) is 11.0 Å². The van der Waals surface area contributed by atoms with Crippen LogP contribution >= 0.6 is 11.8 Å². The van der Waals surface area contributed by atoms with E-state index < -0.39 is 0 Å². The zero-order valence-corrected chi connectivity index (χ0v) is 16.7. The van der Waals surface area contributed by atoms with Crippen LogP contribution in [0.15, 0.2) is 66.6 Å². The van der Waals surface area contributed by atoms with Gasteiger partial charge in [0.05, 0.1) is 18.4 Å². The van der Waals surface area contributed by atoms with Crippen LogP contribution in [0.2, 0.25) is 0 Å². The van der Waals surface area contributed by atoms with E-state index in [-0.39, 0.29) is 0 Å². The SMILES string of the molecule is C=CCn1c(SCc2cn3cc(C)ccc3n2)nnc1-c1ccccc1OC. The average Bonchev–Trinajstić information content (AvgIpc) is 3.29. The molecule has 7 heteroatoms. The molecule has 1 aromatic carbocycles. The van der Waals surface area contributed by atoms with Crippen molar-refractivity contribution < 1.29 is 4.74 Å². The number of fused-ring (bicyclic) bond motifs is 1. The third-order valence-electron chi connectivity index (χ3n) is 4.37. The minimum atomic E-state index is 0.618. The van der Waals surface area contributed by atoms with Gasteiger partial charge >= 0.3 is 0 Å². The second-order valence-corrected chi connectivity index (χ2v) is 7.34. The fourth-order valence-electron chi connectivity index (χ4n) is 3.08. The van der Waals surface area contributed by atoms with Crippen LogP contribution in [0.1, 0.15) is 11.3 Å². The molecule has 0 N–H and O–H groups in total. The van der Waals surface area contributed by atoms with Crippen LogP contribution in [0, 0.1) is 6.92 Å². The Hall–Kier alpha value is -3.06. The summed E-state index contributed by atoms with van der Waals surface area (Å²) in [5.74, 6) is 2.25. The van der Waals surface area contributed by atoms with Crippen LogP contribution in [-0.4, -0.2) is 31.3 Å². The Kier molecular flexibility index (Phi) is 5.16. The van der Waals surface area contributed by atoms with E-state index in [0.29, 0.717) is 12.3 Å². The predicted octanol–water partition coefficient (Wildman–Crippen LogP) is 4.39. The number of benzene rings is 1. The van der Waals surface area contributed by atoms with Gasteiger partial charge in [-0.25, -0.2) is 4.98 Å². The van der Waals surface area contributed by atoms with E-state index in [9.17, 15) is 0 Å². The van der Waals surface area contributed by atoms with E-state index in [4.69, 9.17) is 4.74 Å². The maximum absolute atomic E-state index is 5.49. The van der Waals surface area contributed by atoms with Crippen LogP contribution in [-0.2, 0) is 12.3 Å². The van der Waals surface area contributed by atoms with Crippen molar-refractivity contribution in [1.29, 1.82) is 0 Å². The molecule has 0 fully saturated rings. The van der Waals surface area contributed by atoms with Gasteiger partial charge < -0.3 is 9.14 Å². The molecule has 0 radical (unpaired) electrons. The first-order chi connectivity index (χ1) is 13.7. The number of hydrogen-bond acceptors (Lipinski definition) is 5. The topological polar surface area (TPSA) is 57.2 Å². The molecule has 0 saturated heterocycles. The molecule has 0 bridgehead atoms. The molecule has 4 rings (SSSR count). The molecular weight excluding hydrogens is 370 g/mol. The first-order valence-corrected chi connectivity index (χ1v) is 9.92. The zero-order chi connectivity index (χ0) is 19.5. The number of hydrogen-bond donors (Lipinski definition) is 0. The fourth-order valence-corrected chi connectivity index (χ4v) is 3.91. The molecule has 0 aliphatic rings. The number of imidazole rings is 1. The van der Waals surface area contributed by atoms with Crippen LogP contribution in [0.3, 0.4) is 0 Å². The third-order valence-corrected chi connectivity index (χ3v) is 5.37. The van der Waals surface area contributed by atoms with E-state index in [2.05, 4.69) is 56.1 Å². The molecule has 28 heavy (non-hydrogen) atoms. The lowest BCUT2D eigenvalue weighted by Crippen LogP contribution is -2.01. The molecule has 0 amide bonds. The third kappa shape index (κ3) is 3.53. The molecule has 6 nitrogen and oxygen atoms in total. The standard InChI is InChI=1S/C21H21N5OS/c1-4-11-26-20(17-7-5-6-8-18(17)27-3)23-24-21(26)28-14-16-13-25-12-15(2)9-10-19(25)22-16/h4-10,12-13H,1,11,14H2,2-3H3. The van der Waals surface area contributed by atoms with Crippen molar-refractivity contribution in [2.75, 3.05) is 7.11 Å². The Morgan fingerprint density at radius 3 is 2.82 bits per heavy atom. The number of para-hydroxylation sites is 1. The Morgan fingerprint density at radius 2 is 2.00 bits per heavy atom. The van der Waals surface area contributed by atoms with Gasteiger partial charge in [-0.15, -0.1) is 16.8 Å². The number of rotatable bonds is 7. The molecular formula is C21H21N5OS. The van der Waals surface area contributed by atoms with Crippen molar-refractivity contribution in [3.63, 3.8) is 0 Å². The number of allylic oxidation sites excluding steroid dienone is 1. The molecule has 0 aliphatic heterocycles. The molecule has 3 heterocycles. The quantitative estimate of drug-likeness (QED) is 0.345. The molecule has 0 aliphatic carbocycles. The van der Waals surface area contributed by atoms with Crippen molar-refractivity contribution in [3.8, 4) is 17.1 Å². The first-order valence-electron chi connectivity index (χ1n) is 8.94. The Labute approximate surface area is 167 Å². The highest BCUT2D eigenvalue weighted by atomic mass is 32.2. The minimum Gasteiger partial charge on any atom is -0.496 e. The molecule has 0 spiro atoms. The van der Waals surface area contributed by atoms with Crippen molar-refractivity contribution in [1.82, 2.24) is 24.1 Å². The lowest BCUT2D eigenvalue weighted by molar-refractivity contribution is 0.416. The predicted molar refractivity (Wildman–Crippen MR) is 112 cm³/mol. The van der Waals surface area contributed by atoms with Crippen molar-refractivity contribution in [2.24, 2.45) is 0 Å². The number of ether oxygens (including phenoxy) is 1. The van der Waals surface area contributed by atoms with Gasteiger partial charge in [0.25, 0.3) is 0 Å². The summed E-state index contributed by atoms with van der Waals surface area (Å²) in [6.07, 6.45) is 5.99. The van der Waals surface area contributed by atoms with Crippen LogP contribution in [0.4, 0.5) is 0 Å². The van der Waals surface area contributed by atoms with Crippen LogP contribution in [0.5, 0.6) is 5.75 Å². The second kappa shape index (κ2) is 7.90. The maximum Gasteiger partial charge on any atom is 0.192 e. The normalized spacial score (nSPS) is 11.1. The van der Waals surface area contributed by atoms with Gasteiger partial charge in [0.2, 0.25) is 0 Å². The molecule has 142 valence electrons. The lowest BCUT2D eigenvalue weighted by atomic mass is 10.2. The molecule has 0 saturated carbocycles. The van der Waals surface area contributed by atoms with Crippen molar-refractivity contribution in [3.05, 3.63) is 72.7 Å². The molecule has 0 atom stereocenters. The molecule has 0 unspecified atom stereocenters. The van der Waals surface area contributed by atoms with Gasteiger partial charge in [0, 0.05) is 24.7 Å². The number of nitrogens with zero attached hydrogens (tertiary/aromatic N) is 5.